The van der Waals surface area contributed by atoms with Crippen molar-refractivity contribution in [2.24, 2.45) is 0 Å². The van der Waals surface area contributed by atoms with Crippen molar-refractivity contribution in [3.8, 4) is 6.07 Å². The number of methoxy groups -OCH3 is 1. The number of benzene rings is 1. The van der Waals surface area contributed by atoms with Crippen LogP contribution in [-0.2, 0) is 4.74 Å². The van der Waals surface area contributed by atoms with Gasteiger partial charge in [0.15, 0.2) is 0 Å². The SMILES string of the molecule is COCCN(C)CCNc1cc(C)ccc1C#N. The molecule has 1 aromatic carbocycles. The number of likely N-dealkylation sites (N-methyl/N-ethyl adjacent to an activating group) is 1. The Kier molecular flexibility index (Phi) is 6.20. The molecule has 0 bridgehead atoms. The van der Waals surface area contributed by atoms with Gasteiger partial charge in [0.05, 0.1) is 17.9 Å². The van der Waals surface area contributed by atoms with Crippen LogP contribution in [0.1, 0.15) is 11.1 Å². The second-order valence-electron chi connectivity index (χ2n) is 4.38. The molecule has 1 aromatic rings. The summed E-state index contributed by atoms with van der Waals surface area (Å²) in [6.45, 7) is 5.42. The van der Waals surface area contributed by atoms with E-state index in [0.717, 1.165) is 37.5 Å². The molecule has 0 saturated carbocycles. The van der Waals surface area contributed by atoms with Gasteiger partial charge in [-0.1, -0.05) is 6.07 Å². The van der Waals surface area contributed by atoms with Gasteiger partial charge in [0.1, 0.15) is 6.07 Å². The zero-order valence-corrected chi connectivity index (χ0v) is 11.4. The van der Waals surface area contributed by atoms with Gasteiger partial charge < -0.3 is 15.0 Å². The number of nitrogens with zero attached hydrogens (tertiary/aromatic N) is 2. The van der Waals surface area contributed by atoms with Crippen molar-refractivity contribution in [1.29, 1.82) is 5.26 Å². The Balaban J connectivity index is 2.44. The predicted octanol–water partition coefficient (Wildman–Crippen LogP) is 1.86. The molecular formula is C14H21N3O. The molecule has 1 N–H and O–H groups in total. The zero-order valence-electron chi connectivity index (χ0n) is 11.4. The predicted molar refractivity (Wildman–Crippen MR) is 73.8 cm³/mol. The van der Waals surface area contributed by atoms with E-state index in [1.165, 1.54) is 0 Å². The molecule has 0 radical (unpaired) electrons. The summed E-state index contributed by atoms with van der Waals surface area (Å²) in [5.41, 5.74) is 2.77. The first-order chi connectivity index (χ1) is 8.67. The maximum atomic E-state index is 9.02. The van der Waals surface area contributed by atoms with Crippen LogP contribution in [-0.4, -0.2) is 45.3 Å². The fourth-order valence-electron chi connectivity index (χ4n) is 1.64. The van der Waals surface area contributed by atoms with Crippen LogP contribution in [0, 0.1) is 18.3 Å². The Labute approximate surface area is 109 Å². The van der Waals surface area contributed by atoms with E-state index in [0.29, 0.717) is 5.56 Å². The molecule has 0 fully saturated rings. The molecule has 0 aromatic heterocycles. The minimum atomic E-state index is 0.695. The highest BCUT2D eigenvalue weighted by Gasteiger charge is 2.02. The number of rotatable bonds is 7. The van der Waals surface area contributed by atoms with Gasteiger partial charge in [0, 0.05) is 26.7 Å². The van der Waals surface area contributed by atoms with Crippen molar-refractivity contribution in [2.75, 3.05) is 45.7 Å². The van der Waals surface area contributed by atoms with E-state index in [1.807, 2.05) is 25.1 Å². The molecule has 0 aliphatic carbocycles. The summed E-state index contributed by atoms with van der Waals surface area (Å²) >= 11 is 0. The number of anilines is 1. The molecule has 18 heavy (non-hydrogen) atoms. The topological polar surface area (TPSA) is 48.3 Å². The first-order valence-corrected chi connectivity index (χ1v) is 6.09. The number of ether oxygens (including phenoxy) is 1. The summed E-state index contributed by atoms with van der Waals surface area (Å²) in [7, 11) is 3.76. The zero-order chi connectivity index (χ0) is 13.4. The highest BCUT2D eigenvalue weighted by atomic mass is 16.5. The second-order valence-corrected chi connectivity index (χ2v) is 4.38. The third-order valence-corrected chi connectivity index (χ3v) is 2.78. The van der Waals surface area contributed by atoms with E-state index < -0.39 is 0 Å². The van der Waals surface area contributed by atoms with Crippen molar-refractivity contribution < 1.29 is 4.74 Å². The smallest absolute Gasteiger partial charge is 0.101 e. The van der Waals surface area contributed by atoms with Crippen LogP contribution < -0.4 is 5.32 Å². The molecule has 0 spiro atoms. The molecule has 1 rings (SSSR count). The van der Waals surface area contributed by atoms with Crippen molar-refractivity contribution in [1.82, 2.24) is 4.90 Å². The van der Waals surface area contributed by atoms with E-state index in [2.05, 4.69) is 23.3 Å². The van der Waals surface area contributed by atoms with Crippen LogP contribution in [0.5, 0.6) is 0 Å². The van der Waals surface area contributed by atoms with Crippen LogP contribution in [0.15, 0.2) is 18.2 Å². The van der Waals surface area contributed by atoms with Crippen molar-refractivity contribution in [3.05, 3.63) is 29.3 Å². The van der Waals surface area contributed by atoms with Gasteiger partial charge in [0.2, 0.25) is 0 Å². The average molecular weight is 247 g/mol. The average Bonchev–Trinajstić information content (AvgIpc) is 2.36. The van der Waals surface area contributed by atoms with Crippen LogP contribution in [0.25, 0.3) is 0 Å². The fraction of sp³-hybridized carbons (Fsp3) is 0.500. The lowest BCUT2D eigenvalue weighted by Crippen LogP contribution is -2.28. The van der Waals surface area contributed by atoms with Crippen molar-refractivity contribution >= 4 is 5.69 Å². The van der Waals surface area contributed by atoms with Gasteiger partial charge in [-0.25, -0.2) is 0 Å². The van der Waals surface area contributed by atoms with Crippen LogP contribution in [0.2, 0.25) is 0 Å². The first-order valence-electron chi connectivity index (χ1n) is 6.09. The standard InChI is InChI=1S/C14H21N3O/c1-12-4-5-13(11-15)14(10-12)16-6-7-17(2)8-9-18-3/h4-5,10,16H,6-9H2,1-3H3. The number of hydrogen-bond acceptors (Lipinski definition) is 4. The van der Waals surface area contributed by atoms with E-state index in [1.54, 1.807) is 7.11 Å². The molecule has 98 valence electrons. The molecule has 0 heterocycles. The lowest BCUT2D eigenvalue weighted by atomic mass is 10.1. The maximum absolute atomic E-state index is 9.02. The van der Waals surface area contributed by atoms with E-state index in [4.69, 9.17) is 10.00 Å². The summed E-state index contributed by atoms with van der Waals surface area (Å²) in [5, 5.41) is 12.3. The highest BCUT2D eigenvalue weighted by Crippen LogP contribution is 2.16. The molecule has 0 unspecified atom stereocenters. The van der Waals surface area contributed by atoms with Crippen molar-refractivity contribution in [3.63, 3.8) is 0 Å². The molecule has 0 aliphatic heterocycles. The number of aryl methyl sites for hydroxylation is 1. The lowest BCUT2D eigenvalue weighted by Gasteiger charge is -2.17. The molecule has 0 saturated heterocycles. The maximum Gasteiger partial charge on any atom is 0.101 e. The molecule has 0 aliphatic rings. The summed E-state index contributed by atoms with van der Waals surface area (Å²) < 4.78 is 5.02. The fourth-order valence-corrected chi connectivity index (χ4v) is 1.64. The Hall–Kier alpha value is -1.57. The van der Waals surface area contributed by atoms with Crippen LogP contribution >= 0.6 is 0 Å². The van der Waals surface area contributed by atoms with Gasteiger partial charge in [-0.3, -0.25) is 0 Å². The minimum absolute atomic E-state index is 0.695. The normalized spacial score (nSPS) is 10.4. The van der Waals surface area contributed by atoms with E-state index in [9.17, 15) is 0 Å². The Morgan fingerprint density at radius 1 is 1.39 bits per heavy atom. The minimum Gasteiger partial charge on any atom is -0.383 e. The molecule has 4 nitrogen and oxygen atoms in total. The monoisotopic (exact) mass is 247 g/mol. The second kappa shape index (κ2) is 7.70. The highest BCUT2D eigenvalue weighted by molar-refractivity contribution is 5.58. The third kappa shape index (κ3) is 4.74. The summed E-state index contributed by atoms with van der Waals surface area (Å²) in [6, 6.07) is 8.01. The Bertz CT molecular complexity index is 412. The van der Waals surface area contributed by atoms with Gasteiger partial charge in [-0.05, 0) is 31.7 Å². The Morgan fingerprint density at radius 2 is 2.17 bits per heavy atom. The summed E-state index contributed by atoms with van der Waals surface area (Å²) in [6.07, 6.45) is 0. The third-order valence-electron chi connectivity index (χ3n) is 2.78. The first kappa shape index (κ1) is 14.5. The lowest BCUT2D eigenvalue weighted by molar-refractivity contribution is 0.163. The summed E-state index contributed by atoms with van der Waals surface area (Å²) in [4.78, 5) is 2.19. The molecule has 0 atom stereocenters. The summed E-state index contributed by atoms with van der Waals surface area (Å²) in [5.74, 6) is 0. The van der Waals surface area contributed by atoms with Gasteiger partial charge >= 0.3 is 0 Å². The van der Waals surface area contributed by atoms with Gasteiger partial charge in [0.25, 0.3) is 0 Å². The molecule has 4 heteroatoms. The Morgan fingerprint density at radius 3 is 2.83 bits per heavy atom. The molecule has 0 amide bonds. The number of hydrogen-bond donors (Lipinski definition) is 1. The van der Waals surface area contributed by atoms with Gasteiger partial charge in [-0.2, -0.15) is 5.26 Å². The van der Waals surface area contributed by atoms with Crippen molar-refractivity contribution in [2.45, 2.75) is 6.92 Å². The number of nitrogens with one attached hydrogen (secondary N) is 1. The van der Waals surface area contributed by atoms with E-state index >= 15 is 0 Å². The molecular weight excluding hydrogens is 226 g/mol. The van der Waals surface area contributed by atoms with Crippen LogP contribution in [0.4, 0.5) is 5.69 Å². The van der Waals surface area contributed by atoms with Gasteiger partial charge in [-0.15, -0.1) is 0 Å². The van der Waals surface area contributed by atoms with E-state index in [-0.39, 0.29) is 0 Å². The largest absolute Gasteiger partial charge is 0.383 e. The number of nitriles is 1. The van der Waals surface area contributed by atoms with Crippen LogP contribution in [0.3, 0.4) is 0 Å². The quantitative estimate of drug-likeness (QED) is 0.799.